The predicted octanol–water partition coefficient (Wildman–Crippen LogP) is 4.57. The molecule has 1 N–H and O–H groups in total. The number of aryl methyl sites for hydroxylation is 1. The van der Waals surface area contributed by atoms with Crippen LogP contribution in [-0.4, -0.2) is 22.6 Å². The fourth-order valence-electron chi connectivity index (χ4n) is 3.35. The van der Waals surface area contributed by atoms with Gasteiger partial charge in [0, 0.05) is 0 Å². The Balaban J connectivity index is 1.58. The van der Waals surface area contributed by atoms with Gasteiger partial charge in [0.2, 0.25) is 5.91 Å². The van der Waals surface area contributed by atoms with Gasteiger partial charge in [0.15, 0.2) is 0 Å². The maximum Gasteiger partial charge on any atom is 0.244 e. The first-order valence-electron chi connectivity index (χ1n) is 9.71. The summed E-state index contributed by atoms with van der Waals surface area (Å²) in [4.78, 5) is 17.5. The van der Waals surface area contributed by atoms with Crippen LogP contribution in [0.2, 0.25) is 0 Å². The number of imidazole rings is 1. The summed E-state index contributed by atoms with van der Waals surface area (Å²) in [5.74, 6) is 1.94. The lowest BCUT2D eigenvalue weighted by Gasteiger charge is -2.13. The van der Waals surface area contributed by atoms with Gasteiger partial charge in [0.1, 0.15) is 30.5 Å². The van der Waals surface area contributed by atoms with Gasteiger partial charge >= 0.3 is 0 Å². The third kappa shape index (κ3) is 4.12. The molecule has 4 aromatic rings. The Bertz CT molecular complexity index is 1180. The Morgan fingerprint density at radius 1 is 0.967 bits per heavy atom. The number of nitrogens with zero attached hydrogens (tertiary/aromatic N) is 2. The molecule has 0 spiro atoms. The Labute approximate surface area is 175 Å². The van der Waals surface area contributed by atoms with Crippen molar-refractivity contribution >= 4 is 22.6 Å². The zero-order valence-corrected chi connectivity index (χ0v) is 17.0. The van der Waals surface area contributed by atoms with Crippen molar-refractivity contribution in [1.82, 2.24) is 9.55 Å². The highest BCUT2D eigenvalue weighted by Gasteiger charge is 2.15. The highest BCUT2D eigenvalue weighted by Crippen LogP contribution is 2.24. The van der Waals surface area contributed by atoms with Gasteiger partial charge in [0.25, 0.3) is 0 Å². The van der Waals surface area contributed by atoms with E-state index in [1.165, 1.54) is 0 Å². The van der Waals surface area contributed by atoms with Gasteiger partial charge in [-0.15, -0.1) is 0 Å². The molecule has 0 saturated carbocycles. The summed E-state index contributed by atoms with van der Waals surface area (Å²) in [7, 11) is 1.58. The number of methoxy groups -OCH3 is 1. The summed E-state index contributed by atoms with van der Waals surface area (Å²) >= 11 is 0. The molecular weight excluding hydrogens is 378 g/mol. The van der Waals surface area contributed by atoms with Crippen molar-refractivity contribution < 1.29 is 14.3 Å². The predicted molar refractivity (Wildman–Crippen MR) is 117 cm³/mol. The number of ether oxygens (including phenoxy) is 2. The Morgan fingerprint density at radius 3 is 2.47 bits per heavy atom. The van der Waals surface area contributed by atoms with Gasteiger partial charge in [-0.05, 0) is 42.8 Å². The van der Waals surface area contributed by atoms with Crippen LogP contribution in [0.15, 0.2) is 72.8 Å². The fourth-order valence-corrected chi connectivity index (χ4v) is 3.35. The van der Waals surface area contributed by atoms with Gasteiger partial charge in [-0.25, -0.2) is 4.98 Å². The third-order valence-corrected chi connectivity index (χ3v) is 4.87. The molecule has 6 nitrogen and oxygen atoms in total. The Morgan fingerprint density at radius 2 is 1.67 bits per heavy atom. The summed E-state index contributed by atoms with van der Waals surface area (Å²) in [6.45, 7) is 2.38. The molecule has 152 valence electrons. The monoisotopic (exact) mass is 401 g/mol. The molecule has 0 aliphatic carbocycles. The topological polar surface area (TPSA) is 65.4 Å². The van der Waals surface area contributed by atoms with Crippen LogP contribution in [0.3, 0.4) is 0 Å². The second-order valence-corrected chi connectivity index (χ2v) is 6.91. The highest BCUT2D eigenvalue weighted by molar-refractivity contribution is 5.93. The minimum absolute atomic E-state index is 0.116. The molecule has 0 fully saturated rings. The van der Waals surface area contributed by atoms with Crippen molar-refractivity contribution in [1.29, 1.82) is 0 Å². The molecule has 0 radical (unpaired) electrons. The molecule has 0 unspecified atom stereocenters. The zero-order chi connectivity index (χ0) is 20.9. The van der Waals surface area contributed by atoms with Crippen LogP contribution >= 0.6 is 0 Å². The number of amides is 1. The van der Waals surface area contributed by atoms with E-state index in [-0.39, 0.29) is 19.1 Å². The first kappa shape index (κ1) is 19.5. The van der Waals surface area contributed by atoms with Gasteiger partial charge < -0.3 is 19.4 Å². The largest absolute Gasteiger partial charge is 0.495 e. The lowest BCUT2D eigenvalue weighted by Crippen LogP contribution is -2.21. The molecular formula is C24H23N3O3. The Kier molecular flexibility index (Phi) is 5.66. The van der Waals surface area contributed by atoms with E-state index in [9.17, 15) is 4.79 Å². The second-order valence-electron chi connectivity index (χ2n) is 6.91. The molecule has 1 amide bonds. The fraction of sp³-hybridized carbons (Fsp3) is 0.167. The van der Waals surface area contributed by atoms with Gasteiger partial charge in [-0.1, -0.05) is 42.5 Å². The number of carbonyl (C=O) groups is 1. The van der Waals surface area contributed by atoms with E-state index >= 15 is 0 Å². The van der Waals surface area contributed by atoms with E-state index in [1.807, 2.05) is 84.3 Å². The number of hydrogen-bond donors (Lipinski definition) is 1. The number of fused-ring (bicyclic) bond motifs is 1. The molecule has 0 atom stereocenters. The Hall–Kier alpha value is -3.80. The van der Waals surface area contributed by atoms with Crippen molar-refractivity contribution in [3.8, 4) is 11.5 Å². The van der Waals surface area contributed by atoms with Crippen molar-refractivity contribution in [2.45, 2.75) is 20.1 Å². The van der Waals surface area contributed by atoms with Crippen LogP contribution < -0.4 is 14.8 Å². The first-order chi connectivity index (χ1) is 14.7. The number of rotatable bonds is 7. The number of carbonyl (C=O) groups excluding carboxylic acids is 1. The summed E-state index contributed by atoms with van der Waals surface area (Å²) in [5, 5.41) is 2.92. The standard InChI is InChI=1S/C24H23N3O3/c1-17-9-3-7-13-21(17)30-16-23-25-18-10-4-6-12-20(18)27(23)15-24(28)26-19-11-5-8-14-22(19)29-2/h3-14H,15-16H2,1-2H3,(H,26,28). The van der Waals surface area contributed by atoms with E-state index in [2.05, 4.69) is 10.3 Å². The first-order valence-corrected chi connectivity index (χ1v) is 9.71. The summed E-state index contributed by atoms with van der Waals surface area (Å²) < 4.78 is 13.2. The quantitative estimate of drug-likeness (QED) is 0.493. The van der Waals surface area contributed by atoms with E-state index in [1.54, 1.807) is 7.11 Å². The molecule has 1 heterocycles. The molecule has 0 aliphatic rings. The maximum absolute atomic E-state index is 12.8. The van der Waals surface area contributed by atoms with Crippen molar-refractivity contribution in [2.24, 2.45) is 0 Å². The average Bonchev–Trinajstić information content (AvgIpc) is 3.11. The zero-order valence-electron chi connectivity index (χ0n) is 17.0. The van der Waals surface area contributed by atoms with E-state index < -0.39 is 0 Å². The van der Waals surface area contributed by atoms with Gasteiger partial charge in [-0.3, -0.25) is 4.79 Å². The minimum atomic E-state index is -0.167. The lowest BCUT2D eigenvalue weighted by atomic mass is 10.2. The number of benzene rings is 3. The van der Waals surface area contributed by atoms with Crippen LogP contribution in [0.5, 0.6) is 11.5 Å². The molecule has 6 heteroatoms. The number of anilines is 1. The van der Waals surface area contributed by atoms with Crippen LogP contribution in [0.1, 0.15) is 11.4 Å². The number of hydrogen-bond acceptors (Lipinski definition) is 4. The smallest absolute Gasteiger partial charge is 0.244 e. The average molecular weight is 401 g/mol. The minimum Gasteiger partial charge on any atom is -0.495 e. The van der Waals surface area contributed by atoms with E-state index in [4.69, 9.17) is 9.47 Å². The van der Waals surface area contributed by atoms with E-state index in [0.717, 1.165) is 22.3 Å². The van der Waals surface area contributed by atoms with Crippen LogP contribution in [0.4, 0.5) is 5.69 Å². The third-order valence-electron chi connectivity index (χ3n) is 4.87. The molecule has 0 bridgehead atoms. The summed E-state index contributed by atoms with van der Waals surface area (Å²) in [6, 6.07) is 22.9. The highest BCUT2D eigenvalue weighted by atomic mass is 16.5. The molecule has 30 heavy (non-hydrogen) atoms. The normalized spacial score (nSPS) is 10.7. The number of aromatic nitrogens is 2. The number of para-hydroxylation sites is 5. The summed E-state index contributed by atoms with van der Waals surface area (Å²) in [6.07, 6.45) is 0. The molecule has 0 saturated heterocycles. The van der Waals surface area contributed by atoms with Gasteiger partial charge in [0.05, 0.1) is 23.8 Å². The second kappa shape index (κ2) is 8.69. The van der Waals surface area contributed by atoms with Crippen LogP contribution in [0.25, 0.3) is 11.0 Å². The maximum atomic E-state index is 12.8. The molecule has 4 rings (SSSR count). The van der Waals surface area contributed by atoms with E-state index in [0.29, 0.717) is 17.3 Å². The van der Waals surface area contributed by atoms with Crippen molar-refractivity contribution in [3.05, 3.63) is 84.2 Å². The number of nitrogens with one attached hydrogen (secondary N) is 1. The SMILES string of the molecule is COc1ccccc1NC(=O)Cn1c(COc2ccccc2C)nc2ccccc21. The lowest BCUT2D eigenvalue weighted by molar-refractivity contribution is -0.116. The van der Waals surface area contributed by atoms with Crippen molar-refractivity contribution in [2.75, 3.05) is 12.4 Å². The molecule has 3 aromatic carbocycles. The van der Waals surface area contributed by atoms with Gasteiger partial charge in [-0.2, -0.15) is 0 Å². The molecule has 1 aromatic heterocycles. The summed E-state index contributed by atoms with van der Waals surface area (Å²) in [5.41, 5.74) is 3.39. The van der Waals surface area contributed by atoms with Crippen LogP contribution in [-0.2, 0) is 17.9 Å². The van der Waals surface area contributed by atoms with Crippen molar-refractivity contribution in [3.63, 3.8) is 0 Å². The molecule has 0 aliphatic heterocycles. The van der Waals surface area contributed by atoms with Crippen LogP contribution in [0, 0.1) is 6.92 Å².